The molecule has 3 amide bonds. The number of amides is 3. The molecule has 0 saturated carbocycles. The molecule has 0 spiro atoms. The standard InChI is InChI=1S/C21H17ClF3N5O2S/c22-13-6-8-14(9-7-13)26-17(31)19-29-28-18(33-19)16-5-2-10-30(16)20(32)27-15-4-1-3-12(11-15)21(23,24)25/h1,3-4,6-9,11,16H,2,5,10H2,(H,26,31)(H,27,32)/t16-/m1/s1. The highest BCUT2D eigenvalue weighted by Gasteiger charge is 2.34. The number of anilines is 2. The molecule has 7 nitrogen and oxygen atoms in total. The first-order chi connectivity index (χ1) is 15.7. The summed E-state index contributed by atoms with van der Waals surface area (Å²) in [5.41, 5.74) is -0.261. The molecule has 0 aliphatic carbocycles. The molecule has 2 aromatic carbocycles. The van der Waals surface area contributed by atoms with Gasteiger partial charge in [0.15, 0.2) is 0 Å². The number of nitrogens with one attached hydrogen (secondary N) is 2. The predicted octanol–water partition coefficient (Wildman–Crippen LogP) is 5.83. The number of likely N-dealkylation sites (tertiary alicyclic amines) is 1. The van der Waals surface area contributed by atoms with Gasteiger partial charge in [0.2, 0.25) is 5.01 Å². The number of carbonyl (C=O) groups excluding carboxylic acids is 2. The highest BCUT2D eigenvalue weighted by molar-refractivity contribution is 7.13. The lowest BCUT2D eigenvalue weighted by Crippen LogP contribution is -2.34. The summed E-state index contributed by atoms with van der Waals surface area (Å²) in [6.07, 6.45) is -3.22. The van der Waals surface area contributed by atoms with Crippen molar-refractivity contribution in [2.24, 2.45) is 0 Å². The summed E-state index contributed by atoms with van der Waals surface area (Å²) >= 11 is 6.90. The van der Waals surface area contributed by atoms with Crippen LogP contribution in [0.5, 0.6) is 0 Å². The SMILES string of the molecule is O=C(Nc1ccc(Cl)cc1)c1nnc([C@H]2CCCN2C(=O)Nc2cccc(C(F)(F)F)c2)s1. The average Bonchev–Trinajstić information content (AvgIpc) is 3.44. The summed E-state index contributed by atoms with van der Waals surface area (Å²) < 4.78 is 38.8. The number of hydrogen-bond donors (Lipinski definition) is 2. The molecule has 3 aromatic rings. The molecular formula is C21H17ClF3N5O2S. The minimum absolute atomic E-state index is 0.0424. The Kier molecular flexibility index (Phi) is 6.52. The zero-order valence-electron chi connectivity index (χ0n) is 16.9. The second kappa shape index (κ2) is 9.36. The molecule has 4 rings (SSSR count). The van der Waals surface area contributed by atoms with Crippen molar-refractivity contribution in [1.29, 1.82) is 0 Å². The van der Waals surface area contributed by atoms with E-state index in [2.05, 4.69) is 20.8 Å². The number of nitrogens with zero attached hydrogens (tertiary/aromatic N) is 3. The molecule has 1 atom stereocenters. The Bertz CT molecular complexity index is 1170. The van der Waals surface area contributed by atoms with Crippen LogP contribution in [0.4, 0.5) is 29.3 Å². The lowest BCUT2D eigenvalue weighted by atomic mass is 10.2. The molecule has 0 bridgehead atoms. The summed E-state index contributed by atoms with van der Waals surface area (Å²) in [5.74, 6) is -0.445. The van der Waals surface area contributed by atoms with E-state index in [1.54, 1.807) is 24.3 Å². The van der Waals surface area contributed by atoms with Crippen molar-refractivity contribution in [2.75, 3.05) is 17.2 Å². The molecule has 1 saturated heterocycles. The van der Waals surface area contributed by atoms with Crippen LogP contribution >= 0.6 is 22.9 Å². The summed E-state index contributed by atoms with van der Waals surface area (Å²) in [7, 11) is 0. The molecule has 12 heteroatoms. The van der Waals surface area contributed by atoms with Gasteiger partial charge in [-0.3, -0.25) is 4.79 Å². The zero-order valence-corrected chi connectivity index (χ0v) is 18.5. The molecule has 2 heterocycles. The van der Waals surface area contributed by atoms with Crippen LogP contribution < -0.4 is 10.6 Å². The molecule has 0 radical (unpaired) electrons. The van der Waals surface area contributed by atoms with Gasteiger partial charge in [-0.25, -0.2) is 4.79 Å². The van der Waals surface area contributed by atoms with E-state index in [1.807, 2.05) is 0 Å². The molecule has 1 fully saturated rings. The van der Waals surface area contributed by atoms with Crippen LogP contribution in [0.2, 0.25) is 5.02 Å². The Morgan fingerprint density at radius 1 is 1.06 bits per heavy atom. The van der Waals surface area contributed by atoms with Gasteiger partial charge < -0.3 is 15.5 Å². The maximum atomic E-state index is 12.9. The quantitative estimate of drug-likeness (QED) is 0.476. The van der Waals surface area contributed by atoms with Gasteiger partial charge in [0.1, 0.15) is 5.01 Å². The number of aromatic nitrogens is 2. The van der Waals surface area contributed by atoms with Crippen molar-refractivity contribution >= 4 is 46.3 Å². The Morgan fingerprint density at radius 2 is 1.82 bits per heavy atom. The largest absolute Gasteiger partial charge is 0.416 e. The van der Waals surface area contributed by atoms with Gasteiger partial charge in [0, 0.05) is 22.9 Å². The van der Waals surface area contributed by atoms with E-state index in [9.17, 15) is 22.8 Å². The van der Waals surface area contributed by atoms with Crippen LogP contribution in [0.25, 0.3) is 0 Å². The summed E-state index contributed by atoms with van der Waals surface area (Å²) in [5, 5.41) is 14.4. The first-order valence-corrected chi connectivity index (χ1v) is 11.1. The molecular weight excluding hydrogens is 479 g/mol. The van der Waals surface area contributed by atoms with Crippen molar-refractivity contribution in [3.05, 3.63) is 69.1 Å². The second-order valence-electron chi connectivity index (χ2n) is 7.27. The molecule has 172 valence electrons. The lowest BCUT2D eigenvalue weighted by molar-refractivity contribution is -0.137. The fourth-order valence-electron chi connectivity index (χ4n) is 3.41. The third kappa shape index (κ3) is 5.42. The van der Waals surface area contributed by atoms with E-state index in [0.29, 0.717) is 35.1 Å². The van der Waals surface area contributed by atoms with Crippen LogP contribution in [0, 0.1) is 0 Å². The average molecular weight is 496 g/mol. The van der Waals surface area contributed by atoms with Crippen molar-refractivity contribution in [1.82, 2.24) is 15.1 Å². The fourth-order valence-corrected chi connectivity index (χ4v) is 4.43. The van der Waals surface area contributed by atoms with Crippen LogP contribution in [0.1, 0.15) is 39.3 Å². The minimum atomic E-state index is -4.51. The normalized spacial score (nSPS) is 16.0. The zero-order chi connectivity index (χ0) is 23.6. The summed E-state index contributed by atoms with van der Waals surface area (Å²) in [6, 6.07) is 10.1. The van der Waals surface area contributed by atoms with Crippen LogP contribution in [-0.2, 0) is 6.18 Å². The van der Waals surface area contributed by atoms with Crippen molar-refractivity contribution in [3.63, 3.8) is 0 Å². The first-order valence-electron chi connectivity index (χ1n) is 9.86. The summed E-state index contributed by atoms with van der Waals surface area (Å²) in [6.45, 7) is 0.404. The van der Waals surface area contributed by atoms with E-state index in [1.165, 1.54) is 17.0 Å². The molecule has 1 aliphatic rings. The lowest BCUT2D eigenvalue weighted by Gasteiger charge is -2.23. The van der Waals surface area contributed by atoms with E-state index < -0.39 is 29.7 Å². The Balaban J connectivity index is 1.44. The number of halogens is 4. The number of alkyl halides is 3. The third-order valence-corrected chi connectivity index (χ3v) is 6.25. The van der Waals surface area contributed by atoms with Crippen molar-refractivity contribution in [3.8, 4) is 0 Å². The number of rotatable bonds is 4. The van der Waals surface area contributed by atoms with Gasteiger partial charge >= 0.3 is 12.2 Å². The number of carbonyl (C=O) groups is 2. The van der Waals surface area contributed by atoms with Crippen LogP contribution in [0.15, 0.2) is 48.5 Å². The maximum absolute atomic E-state index is 12.9. The van der Waals surface area contributed by atoms with Gasteiger partial charge in [-0.05, 0) is 55.3 Å². The highest BCUT2D eigenvalue weighted by Crippen LogP contribution is 2.35. The fraction of sp³-hybridized carbons (Fsp3) is 0.238. The monoisotopic (exact) mass is 495 g/mol. The predicted molar refractivity (Wildman–Crippen MR) is 118 cm³/mol. The number of hydrogen-bond acceptors (Lipinski definition) is 5. The van der Waals surface area contributed by atoms with Gasteiger partial charge in [-0.2, -0.15) is 13.2 Å². The van der Waals surface area contributed by atoms with Gasteiger partial charge in [-0.15, -0.1) is 10.2 Å². The van der Waals surface area contributed by atoms with Crippen LogP contribution in [0.3, 0.4) is 0 Å². The van der Waals surface area contributed by atoms with Crippen LogP contribution in [-0.4, -0.2) is 33.6 Å². The molecule has 1 aliphatic heterocycles. The molecule has 1 aromatic heterocycles. The van der Waals surface area contributed by atoms with Crippen molar-refractivity contribution in [2.45, 2.75) is 25.1 Å². The van der Waals surface area contributed by atoms with E-state index in [4.69, 9.17) is 11.6 Å². The Hall–Kier alpha value is -3.18. The third-order valence-electron chi connectivity index (χ3n) is 4.98. The van der Waals surface area contributed by atoms with E-state index >= 15 is 0 Å². The molecule has 2 N–H and O–H groups in total. The Labute approximate surface area is 195 Å². The highest BCUT2D eigenvalue weighted by atomic mass is 35.5. The number of benzene rings is 2. The van der Waals surface area contributed by atoms with Crippen molar-refractivity contribution < 1.29 is 22.8 Å². The van der Waals surface area contributed by atoms with Gasteiger partial charge in [0.05, 0.1) is 11.6 Å². The topological polar surface area (TPSA) is 87.2 Å². The Morgan fingerprint density at radius 3 is 2.55 bits per heavy atom. The molecule has 0 unspecified atom stereocenters. The maximum Gasteiger partial charge on any atom is 0.416 e. The van der Waals surface area contributed by atoms with E-state index in [-0.39, 0.29) is 10.7 Å². The number of urea groups is 1. The molecule has 33 heavy (non-hydrogen) atoms. The minimum Gasteiger partial charge on any atom is -0.320 e. The first kappa shape index (κ1) is 23.0. The summed E-state index contributed by atoms with van der Waals surface area (Å²) in [4.78, 5) is 26.7. The smallest absolute Gasteiger partial charge is 0.320 e. The second-order valence-corrected chi connectivity index (χ2v) is 8.71. The van der Waals surface area contributed by atoms with Gasteiger partial charge in [0.25, 0.3) is 5.91 Å². The van der Waals surface area contributed by atoms with Gasteiger partial charge in [-0.1, -0.05) is 29.0 Å². The van der Waals surface area contributed by atoms with E-state index in [0.717, 1.165) is 23.5 Å².